The second kappa shape index (κ2) is 4.37. The van der Waals surface area contributed by atoms with Gasteiger partial charge in [-0.1, -0.05) is 13.8 Å². The summed E-state index contributed by atoms with van der Waals surface area (Å²) in [4.78, 5) is 4.77. The SMILES string of the molecule is CCC12CN3CC(C)(CN(C1)C3c1ccc(O)cc1O)[C@H]2O. The maximum Gasteiger partial charge on any atom is 0.125 e. The molecular formula is C17H24N2O3. The molecule has 0 amide bonds. The van der Waals surface area contributed by atoms with Crippen molar-refractivity contribution in [1.82, 2.24) is 9.80 Å². The summed E-state index contributed by atoms with van der Waals surface area (Å²) < 4.78 is 0. The van der Waals surface area contributed by atoms with E-state index in [1.807, 2.05) is 6.07 Å². The molecule has 3 atom stereocenters. The predicted octanol–water partition coefficient (Wildman–Crippen LogP) is 1.50. The van der Waals surface area contributed by atoms with Crippen LogP contribution in [0.2, 0.25) is 0 Å². The number of aliphatic hydroxyl groups excluding tert-OH is 1. The van der Waals surface area contributed by atoms with E-state index in [2.05, 4.69) is 23.6 Å². The highest BCUT2D eigenvalue weighted by Crippen LogP contribution is 2.56. The van der Waals surface area contributed by atoms with Gasteiger partial charge in [0, 0.05) is 48.6 Å². The summed E-state index contributed by atoms with van der Waals surface area (Å²) in [7, 11) is 0. The number of phenols is 2. The molecular weight excluding hydrogens is 280 g/mol. The van der Waals surface area contributed by atoms with Gasteiger partial charge in [0.15, 0.2) is 0 Å². The number of benzene rings is 1. The van der Waals surface area contributed by atoms with Crippen LogP contribution in [0.3, 0.4) is 0 Å². The van der Waals surface area contributed by atoms with E-state index in [1.165, 1.54) is 6.07 Å². The summed E-state index contributed by atoms with van der Waals surface area (Å²) in [5.74, 6) is 0.233. The van der Waals surface area contributed by atoms with Gasteiger partial charge in [0.05, 0.1) is 12.3 Å². The van der Waals surface area contributed by atoms with E-state index >= 15 is 0 Å². The minimum atomic E-state index is -0.258. The molecule has 4 bridgehead atoms. The lowest BCUT2D eigenvalue weighted by Gasteiger charge is -2.69. The van der Waals surface area contributed by atoms with Crippen LogP contribution >= 0.6 is 0 Å². The number of aromatic hydroxyl groups is 2. The number of phenolic OH excluding ortho intramolecular Hbond substituents is 2. The number of rotatable bonds is 2. The van der Waals surface area contributed by atoms with Crippen LogP contribution in [0.1, 0.15) is 32.0 Å². The minimum Gasteiger partial charge on any atom is -0.508 e. The maximum atomic E-state index is 10.8. The predicted molar refractivity (Wildman–Crippen MR) is 82.5 cm³/mol. The summed E-state index contributed by atoms with van der Waals surface area (Å²) in [6.45, 7) is 7.75. The van der Waals surface area contributed by atoms with Crippen LogP contribution in [-0.4, -0.2) is 57.4 Å². The average Bonchev–Trinajstić information content (AvgIpc) is 2.45. The third-order valence-electron chi connectivity index (χ3n) is 6.09. The smallest absolute Gasteiger partial charge is 0.125 e. The molecule has 4 heterocycles. The average molecular weight is 304 g/mol. The zero-order chi connectivity index (χ0) is 15.7. The summed E-state index contributed by atoms with van der Waals surface area (Å²) >= 11 is 0. The molecule has 0 radical (unpaired) electrons. The lowest BCUT2D eigenvalue weighted by Crippen LogP contribution is -2.77. The molecule has 0 aromatic heterocycles. The lowest BCUT2D eigenvalue weighted by molar-refractivity contribution is -0.260. The highest BCUT2D eigenvalue weighted by Gasteiger charge is 2.63. The van der Waals surface area contributed by atoms with Gasteiger partial charge in [0.2, 0.25) is 0 Å². The fourth-order valence-electron chi connectivity index (χ4n) is 5.17. The van der Waals surface area contributed by atoms with Gasteiger partial charge in [-0.15, -0.1) is 0 Å². The second-order valence-corrected chi connectivity index (χ2v) is 7.70. The number of piperidine rings is 2. The zero-order valence-corrected chi connectivity index (χ0v) is 13.2. The van der Waals surface area contributed by atoms with E-state index in [0.29, 0.717) is 0 Å². The van der Waals surface area contributed by atoms with Crippen molar-refractivity contribution in [2.45, 2.75) is 32.5 Å². The monoisotopic (exact) mass is 304 g/mol. The molecule has 3 N–H and O–H groups in total. The first-order chi connectivity index (χ1) is 10.4. The Hall–Kier alpha value is -1.30. The summed E-state index contributed by atoms with van der Waals surface area (Å²) in [5, 5.41) is 30.6. The van der Waals surface area contributed by atoms with Crippen LogP contribution in [-0.2, 0) is 0 Å². The fourth-order valence-corrected chi connectivity index (χ4v) is 5.17. The normalized spacial score (nSPS) is 46.1. The van der Waals surface area contributed by atoms with E-state index in [9.17, 15) is 15.3 Å². The van der Waals surface area contributed by atoms with E-state index in [4.69, 9.17) is 0 Å². The van der Waals surface area contributed by atoms with Gasteiger partial charge < -0.3 is 15.3 Å². The van der Waals surface area contributed by atoms with Crippen molar-refractivity contribution in [1.29, 1.82) is 0 Å². The number of hydrogen-bond acceptors (Lipinski definition) is 5. The van der Waals surface area contributed by atoms with E-state index in [-0.39, 0.29) is 34.6 Å². The van der Waals surface area contributed by atoms with Crippen molar-refractivity contribution in [3.05, 3.63) is 23.8 Å². The van der Waals surface area contributed by atoms with Gasteiger partial charge in [0.1, 0.15) is 11.5 Å². The van der Waals surface area contributed by atoms with Crippen molar-refractivity contribution in [2.75, 3.05) is 26.2 Å². The Morgan fingerprint density at radius 2 is 1.77 bits per heavy atom. The van der Waals surface area contributed by atoms with Gasteiger partial charge in [0.25, 0.3) is 0 Å². The Balaban J connectivity index is 1.75. The van der Waals surface area contributed by atoms with Crippen LogP contribution in [0.4, 0.5) is 0 Å². The molecule has 5 nitrogen and oxygen atoms in total. The molecule has 4 aliphatic heterocycles. The van der Waals surface area contributed by atoms with Crippen molar-refractivity contribution >= 4 is 0 Å². The Labute approximate surface area is 130 Å². The van der Waals surface area contributed by atoms with Gasteiger partial charge in [-0.3, -0.25) is 9.80 Å². The molecule has 22 heavy (non-hydrogen) atoms. The molecule has 4 saturated heterocycles. The Bertz CT molecular complexity index is 602. The summed E-state index contributed by atoms with van der Waals surface area (Å²) in [6.07, 6.45) is 0.748. The lowest BCUT2D eigenvalue weighted by atomic mass is 9.58. The highest BCUT2D eigenvalue weighted by molar-refractivity contribution is 5.41. The Morgan fingerprint density at radius 1 is 1.14 bits per heavy atom. The zero-order valence-electron chi connectivity index (χ0n) is 13.2. The summed E-state index contributed by atoms with van der Waals surface area (Å²) in [6, 6.07) is 4.86. The summed E-state index contributed by atoms with van der Waals surface area (Å²) in [5.41, 5.74) is 0.685. The second-order valence-electron chi connectivity index (χ2n) is 7.70. The van der Waals surface area contributed by atoms with E-state index < -0.39 is 0 Å². The third kappa shape index (κ3) is 1.70. The van der Waals surface area contributed by atoms with Gasteiger partial charge in [-0.2, -0.15) is 0 Å². The van der Waals surface area contributed by atoms with Crippen molar-refractivity contribution < 1.29 is 15.3 Å². The van der Waals surface area contributed by atoms with Crippen LogP contribution < -0.4 is 0 Å². The molecule has 1 aromatic carbocycles. The first-order valence-electron chi connectivity index (χ1n) is 8.07. The first-order valence-corrected chi connectivity index (χ1v) is 8.07. The number of nitrogens with zero attached hydrogens (tertiary/aromatic N) is 2. The fraction of sp³-hybridized carbons (Fsp3) is 0.647. The largest absolute Gasteiger partial charge is 0.508 e. The molecule has 4 aliphatic rings. The molecule has 1 aromatic rings. The maximum absolute atomic E-state index is 10.8. The minimum absolute atomic E-state index is 0.0425. The third-order valence-corrected chi connectivity index (χ3v) is 6.09. The molecule has 0 aliphatic carbocycles. The van der Waals surface area contributed by atoms with Crippen molar-refractivity contribution in [2.24, 2.45) is 10.8 Å². The van der Waals surface area contributed by atoms with Crippen LogP contribution in [0.15, 0.2) is 18.2 Å². The van der Waals surface area contributed by atoms with Gasteiger partial charge in [-0.25, -0.2) is 0 Å². The standard InChI is InChI=1S/C17H24N2O3/c1-3-17-9-18-7-16(2,15(17)22)8-19(10-17)14(18)12-5-4-11(20)6-13(12)21/h4-6,14-15,20-22H,3,7-10H2,1-2H3/t14?,15-,16?,17?/m1/s1. The quantitative estimate of drug-likeness (QED) is 0.773. The number of hydrogen-bond donors (Lipinski definition) is 3. The highest BCUT2D eigenvalue weighted by atomic mass is 16.3. The molecule has 0 saturated carbocycles. The van der Waals surface area contributed by atoms with Gasteiger partial charge >= 0.3 is 0 Å². The molecule has 2 unspecified atom stereocenters. The molecule has 120 valence electrons. The Morgan fingerprint density at radius 3 is 2.32 bits per heavy atom. The van der Waals surface area contributed by atoms with Crippen molar-refractivity contribution in [3.8, 4) is 11.5 Å². The Kier molecular flexibility index (Phi) is 2.84. The molecule has 5 rings (SSSR count). The molecule has 5 heteroatoms. The van der Waals surface area contributed by atoms with Gasteiger partial charge in [-0.05, 0) is 18.6 Å². The van der Waals surface area contributed by atoms with Crippen molar-refractivity contribution in [3.63, 3.8) is 0 Å². The van der Waals surface area contributed by atoms with E-state index in [1.54, 1.807) is 6.07 Å². The first kappa shape index (κ1) is 14.3. The van der Waals surface area contributed by atoms with E-state index in [0.717, 1.165) is 38.2 Å². The number of aliphatic hydroxyl groups is 1. The van der Waals surface area contributed by atoms with Crippen LogP contribution in [0.25, 0.3) is 0 Å². The topological polar surface area (TPSA) is 67.2 Å². The molecule has 4 fully saturated rings. The molecule has 0 spiro atoms. The van der Waals surface area contributed by atoms with Crippen LogP contribution in [0.5, 0.6) is 11.5 Å². The van der Waals surface area contributed by atoms with Crippen LogP contribution in [0, 0.1) is 10.8 Å².